The van der Waals surface area contributed by atoms with Crippen LogP contribution in [0.1, 0.15) is 36.8 Å². The Labute approximate surface area is 131 Å². The van der Waals surface area contributed by atoms with Crippen LogP contribution in [0.4, 0.5) is 11.5 Å². The van der Waals surface area contributed by atoms with E-state index >= 15 is 0 Å². The van der Waals surface area contributed by atoms with E-state index in [1.807, 2.05) is 32.0 Å². The second-order valence-corrected chi connectivity index (χ2v) is 5.54. The normalized spacial score (nSPS) is 10.5. The highest BCUT2D eigenvalue weighted by Gasteiger charge is 2.09. The number of anilines is 2. The van der Waals surface area contributed by atoms with Gasteiger partial charge in [0.05, 0.1) is 0 Å². The fraction of sp³-hybridized carbons (Fsp3) is 0.353. The lowest BCUT2D eigenvalue weighted by atomic mass is 10.1. The Morgan fingerprint density at radius 1 is 1.14 bits per heavy atom. The maximum atomic E-state index is 11.9. The molecular weight excluding hydrogens is 276 g/mol. The van der Waals surface area contributed by atoms with Crippen LogP contribution in [0.3, 0.4) is 0 Å². The highest BCUT2D eigenvalue weighted by molar-refractivity contribution is 5.92. The van der Waals surface area contributed by atoms with E-state index in [1.165, 1.54) is 5.56 Å². The van der Waals surface area contributed by atoms with Crippen LogP contribution in [-0.4, -0.2) is 22.6 Å². The molecule has 0 aliphatic heterocycles. The third kappa shape index (κ3) is 4.28. The highest BCUT2D eigenvalue weighted by atomic mass is 16.1. The van der Waals surface area contributed by atoms with Crippen molar-refractivity contribution in [3.63, 3.8) is 0 Å². The van der Waals surface area contributed by atoms with Gasteiger partial charge in [0.2, 0.25) is 0 Å². The molecule has 1 amide bonds. The largest absolute Gasteiger partial charge is 0.350 e. The SMILES string of the molecule is CCc1ccccc1Nc1ccc(C(=O)NCC(C)C)nn1. The molecule has 22 heavy (non-hydrogen) atoms. The third-order valence-electron chi connectivity index (χ3n) is 3.23. The van der Waals surface area contributed by atoms with Crippen LogP contribution < -0.4 is 10.6 Å². The zero-order chi connectivity index (χ0) is 15.9. The summed E-state index contributed by atoms with van der Waals surface area (Å²) in [5, 5.41) is 14.1. The van der Waals surface area contributed by atoms with Gasteiger partial charge in [-0.15, -0.1) is 10.2 Å². The summed E-state index contributed by atoms with van der Waals surface area (Å²) >= 11 is 0. The molecular formula is C17H22N4O. The van der Waals surface area contributed by atoms with Gasteiger partial charge in [0.25, 0.3) is 5.91 Å². The number of hydrogen-bond donors (Lipinski definition) is 2. The Kier molecular flexibility index (Phi) is 5.47. The first kappa shape index (κ1) is 15.9. The molecule has 1 aromatic heterocycles. The number of para-hydroxylation sites is 1. The van der Waals surface area contributed by atoms with Gasteiger partial charge in [0.1, 0.15) is 0 Å². The van der Waals surface area contributed by atoms with Crippen molar-refractivity contribution in [1.29, 1.82) is 0 Å². The molecule has 0 unspecified atom stereocenters. The van der Waals surface area contributed by atoms with Crippen LogP contribution in [0.25, 0.3) is 0 Å². The fourth-order valence-electron chi connectivity index (χ4n) is 2.00. The Morgan fingerprint density at radius 2 is 1.91 bits per heavy atom. The van der Waals surface area contributed by atoms with Gasteiger partial charge in [0.15, 0.2) is 11.5 Å². The lowest BCUT2D eigenvalue weighted by Crippen LogP contribution is -2.28. The molecule has 0 radical (unpaired) electrons. The zero-order valence-electron chi connectivity index (χ0n) is 13.3. The Hall–Kier alpha value is -2.43. The molecule has 0 saturated heterocycles. The average molecular weight is 298 g/mol. The maximum Gasteiger partial charge on any atom is 0.271 e. The molecule has 0 aliphatic carbocycles. The van der Waals surface area contributed by atoms with Crippen molar-refractivity contribution < 1.29 is 4.79 Å². The lowest BCUT2D eigenvalue weighted by Gasteiger charge is -2.10. The van der Waals surface area contributed by atoms with Crippen molar-refractivity contribution >= 4 is 17.4 Å². The van der Waals surface area contributed by atoms with Gasteiger partial charge >= 0.3 is 0 Å². The molecule has 5 heteroatoms. The molecule has 0 spiro atoms. The molecule has 5 nitrogen and oxygen atoms in total. The number of benzene rings is 1. The van der Waals surface area contributed by atoms with Crippen LogP contribution in [0, 0.1) is 5.92 Å². The zero-order valence-corrected chi connectivity index (χ0v) is 13.3. The van der Waals surface area contributed by atoms with Crippen LogP contribution in [-0.2, 0) is 6.42 Å². The first-order chi connectivity index (χ1) is 10.6. The van der Waals surface area contributed by atoms with E-state index in [1.54, 1.807) is 12.1 Å². The van der Waals surface area contributed by atoms with E-state index in [0.29, 0.717) is 24.0 Å². The number of aryl methyl sites for hydroxylation is 1. The molecule has 2 rings (SSSR count). The number of rotatable bonds is 6. The second-order valence-electron chi connectivity index (χ2n) is 5.54. The Balaban J connectivity index is 2.04. The smallest absolute Gasteiger partial charge is 0.271 e. The summed E-state index contributed by atoms with van der Waals surface area (Å²) in [5.74, 6) is 0.839. The summed E-state index contributed by atoms with van der Waals surface area (Å²) in [5.41, 5.74) is 2.55. The Bertz CT molecular complexity index is 623. The summed E-state index contributed by atoms with van der Waals surface area (Å²) in [6, 6.07) is 11.5. The van der Waals surface area contributed by atoms with E-state index in [0.717, 1.165) is 12.1 Å². The van der Waals surface area contributed by atoms with Gasteiger partial charge in [-0.25, -0.2) is 0 Å². The molecule has 116 valence electrons. The van der Waals surface area contributed by atoms with Crippen molar-refractivity contribution in [2.24, 2.45) is 5.92 Å². The van der Waals surface area contributed by atoms with Gasteiger partial charge < -0.3 is 10.6 Å². The molecule has 0 saturated carbocycles. The molecule has 1 aromatic carbocycles. The summed E-state index contributed by atoms with van der Waals surface area (Å²) in [4.78, 5) is 11.9. The first-order valence-electron chi connectivity index (χ1n) is 7.57. The molecule has 2 N–H and O–H groups in total. The van der Waals surface area contributed by atoms with E-state index in [4.69, 9.17) is 0 Å². The number of amides is 1. The van der Waals surface area contributed by atoms with Gasteiger partial charge in [-0.3, -0.25) is 4.79 Å². The van der Waals surface area contributed by atoms with Crippen molar-refractivity contribution in [2.45, 2.75) is 27.2 Å². The molecule has 0 aliphatic rings. The van der Waals surface area contributed by atoms with Gasteiger partial charge in [-0.1, -0.05) is 39.0 Å². The molecule has 1 heterocycles. The van der Waals surface area contributed by atoms with E-state index in [2.05, 4.69) is 33.8 Å². The minimum absolute atomic E-state index is 0.193. The highest BCUT2D eigenvalue weighted by Crippen LogP contribution is 2.19. The van der Waals surface area contributed by atoms with E-state index in [9.17, 15) is 4.79 Å². The third-order valence-corrected chi connectivity index (χ3v) is 3.23. The Morgan fingerprint density at radius 3 is 2.55 bits per heavy atom. The molecule has 0 bridgehead atoms. The minimum atomic E-state index is -0.193. The van der Waals surface area contributed by atoms with Crippen molar-refractivity contribution in [3.8, 4) is 0 Å². The van der Waals surface area contributed by atoms with Crippen LogP contribution in [0.5, 0.6) is 0 Å². The van der Waals surface area contributed by atoms with Gasteiger partial charge in [-0.05, 0) is 36.1 Å². The number of carbonyl (C=O) groups excluding carboxylic acids is 1. The maximum absolute atomic E-state index is 11.9. The van der Waals surface area contributed by atoms with E-state index < -0.39 is 0 Å². The van der Waals surface area contributed by atoms with Crippen molar-refractivity contribution in [3.05, 3.63) is 47.7 Å². The van der Waals surface area contributed by atoms with Crippen LogP contribution in [0.15, 0.2) is 36.4 Å². The summed E-state index contributed by atoms with van der Waals surface area (Å²) in [6.45, 7) is 6.83. The number of nitrogens with one attached hydrogen (secondary N) is 2. The number of nitrogens with zero attached hydrogens (tertiary/aromatic N) is 2. The van der Waals surface area contributed by atoms with E-state index in [-0.39, 0.29) is 5.91 Å². The van der Waals surface area contributed by atoms with Crippen molar-refractivity contribution in [1.82, 2.24) is 15.5 Å². The predicted molar refractivity (Wildman–Crippen MR) is 88.3 cm³/mol. The first-order valence-corrected chi connectivity index (χ1v) is 7.57. The van der Waals surface area contributed by atoms with Crippen LogP contribution >= 0.6 is 0 Å². The number of aromatic nitrogens is 2. The quantitative estimate of drug-likeness (QED) is 0.859. The van der Waals surface area contributed by atoms with Crippen LogP contribution in [0.2, 0.25) is 0 Å². The summed E-state index contributed by atoms with van der Waals surface area (Å²) in [7, 11) is 0. The minimum Gasteiger partial charge on any atom is -0.350 e. The van der Waals surface area contributed by atoms with Gasteiger partial charge in [0, 0.05) is 12.2 Å². The summed E-state index contributed by atoms with van der Waals surface area (Å²) < 4.78 is 0. The monoisotopic (exact) mass is 298 g/mol. The molecule has 2 aromatic rings. The predicted octanol–water partition coefficient (Wildman–Crippen LogP) is 3.17. The fourth-order valence-corrected chi connectivity index (χ4v) is 2.00. The number of hydrogen-bond acceptors (Lipinski definition) is 4. The number of carbonyl (C=O) groups is 1. The topological polar surface area (TPSA) is 66.9 Å². The summed E-state index contributed by atoms with van der Waals surface area (Å²) in [6.07, 6.45) is 0.937. The molecule has 0 atom stereocenters. The van der Waals surface area contributed by atoms with Crippen molar-refractivity contribution in [2.75, 3.05) is 11.9 Å². The molecule has 0 fully saturated rings. The lowest BCUT2D eigenvalue weighted by molar-refractivity contribution is 0.0943. The van der Waals surface area contributed by atoms with Gasteiger partial charge in [-0.2, -0.15) is 0 Å². The second kappa shape index (κ2) is 7.54. The standard InChI is InChI=1S/C17H22N4O/c1-4-13-7-5-6-8-14(13)19-16-10-9-15(20-21-16)17(22)18-11-12(2)3/h5-10,12H,4,11H2,1-3H3,(H,18,22)(H,19,21). The average Bonchev–Trinajstić information content (AvgIpc) is 2.54.